The highest BCUT2D eigenvalue weighted by Crippen LogP contribution is 2.30. The highest BCUT2D eigenvalue weighted by atomic mass is 19.4. The number of alkyl halides is 6. The molecule has 4 aromatic heterocycles. The van der Waals surface area contributed by atoms with Crippen LogP contribution in [0.1, 0.15) is 5.69 Å². The minimum Gasteiger partial charge on any atom is -0.297 e. The van der Waals surface area contributed by atoms with Crippen molar-refractivity contribution < 1.29 is 26.3 Å². The number of pyridine rings is 3. The number of rotatable bonds is 2. The van der Waals surface area contributed by atoms with Gasteiger partial charge in [-0.1, -0.05) is 6.07 Å². The summed E-state index contributed by atoms with van der Waals surface area (Å²) in [5, 5.41) is 6.16. The average molecular weight is 413 g/mol. The second kappa shape index (κ2) is 6.29. The molecule has 150 valence electrons. The summed E-state index contributed by atoms with van der Waals surface area (Å²) in [5.41, 5.74) is -1.52. The lowest BCUT2D eigenvalue weighted by atomic mass is 10.1. The van der Waals surface area contributed by atoms with Crippen LogP contribution in [-0.2, 0) is 12.7 Å². The number of hydrogen-bond donors (Lipinski definition) is 1. The van der Waals surface area contributed by atoms with Gasteiger partial charge in [0.15, 0.2) is 0 Å². The molecule has 0 unspecified atom stereocenters. The Kier molecular flexibility index (Phi) is 4.10. The number of halogens is 6. The predicted molar refractivity (Wildman–Crippen MR) is 89.9 cm³/mol. The number of hydrogen-bond acceptors (Lipinski definition) is 4. The third kappa shape index (κ3) is 3.41. The van der Waals surface area contributed by atoms with Gasteiger partial charge < -0.3 is 0 Å². The molecule has 6 nitrogen and oxygen atoms in total. The van der Waals surface area contributed by atoms with Gasteiger partial charge in [0.05, 0.1) is 22.6 Å². The van der Waals surface area contributed by atoms with Crippen LogP contribution < -0.4 is 5.56 Å². The second-order valence-electron chi connectivity index (χ2n) is 6.19. The molecule has 0 radical (unpaired) electrons. The predicted octanol–water partition coefficient (Wildman–Crippen LogP) is 3.92. The van der Waals surface area contributed by atoms with Gasteiger partial charge in [0.2, 0.25) is 0 Å². The summed E-state index contributed by atoms with van der Waals surface area (Å²) in [6.07, 6.45) is -5.99. The molecule has 0 atom stereocenters. The minimum atomic E-state index is -4.68. The molecule has 0 saturated carbocycles. The molecule has 0 aliphatic heterocycles. The van der Waals surface area contributed by atoms with E-state index in [1.807, 2.05) is 0 Å². The molecule has 0 bridgehead atoms. The first-order valence-electron chi connectivity index (χ1n) is 8.00. The minimum absolute atomic E-state index is 0.0572. The fourth-order valence-electron chi connectivity index (χ4n) is 2.96. The molecular formula is C17H9F6N5O. The Hall–Kier alpha value is -3.44. The zero-order chi connectivity index (χ0) is 21.0. The topological polar surface area (TPSA) is 76.5 Å². The van der Waals surface area contributed by atoms with Crippen molar-refractivity contribution >= 4 is 21.9 Å². The average Bonchev–Trinajstić information content (AvgIpc) is 3.13. The quantitative estimate of drug-likeness (QED) is 0.506. The van der Waals surface area contributed by atoms with Gasteiger partial charge in [-0.15, -0.1) is 0 Å². The van der Waals surface area contributed by atoms with Crippen LogP contribution in [0.5, 0.6) is 0 Å². The maximum atomic E-state index is 13.0. The fourth-order valence-corrected chi connectivity index (χ4v) is 2.96. The molecule has 12 heteroatoms. The maximum absolute atomic E-state index is 13.0. The van der Waals surface area contributed by atoms with Gasteiger partial charge in [-0.3, -0.25) is 24.4 Å². The number of nitrogens with zero attached hydrogens (tertiary/aromatic N) is 4. The van der Waals surface area contributed by atoms with Crippen LogP contribution in [0.3, 0.4) is 0 Å². The van der Waals surface area contributed by atoms with Crippen LogP contribution in [0.15, 0.2) is 41.6 Å². The molecule has 4 heterocycles. The summed E-state index contributed by atoms with van der Waals surface area (Å²) in [6, 6.07) is 3.13. The van der Waals surface area contributed by atoms with E-state index in [9.17, 15) is 31.1 Å². The lowest BCUT2D eigenvalue weighted by Crippen LogP contribution is -2.28. The molecule has 0 fully saturated rings. The molecular weight excluding hydrogens is 404 g/mol. The van der Waals surface area contributed by atoms with Crippen molar-refractivity contribution in [1.82, 2.24) is 24.7 Å². The first-order chi connectivity index (χ1) is 13.5. The Balaban J connectivity index is 1.94. The third-order valence-corrected chi connectivity index (χ3v) is 4.23. The molecule has 4 rings (SSSR count). The van der Waals surface area contributed by atoms with E-state index in [0.717, 1.165) is 24.5 Å². The van der Waals surface area contributed by atoms with E-state index < -0.39 is 30.2 Å². The molecule has 0 aliphatic carbocycles. The monoisotopic (exact) mass is 413 g/mol. The third-order valence-electron chi connectivity index (χ3n) is 4.23. The van der Waals surface area contributed by atoms with Crippen molar-refractivity contribution in [2.45, 2.75) is 18.9 Å². The summed E-state index contributed by atoms with van der Waals surface area (Å²) in [7, 11) is 0. The van der Waals surface area contributed by atoms with Gasteiger partial charge in [-0.2, -0.15) is 31.4 Å². The van der Waals surface area contributed by atoms with E-state index >= 15 is 0 Å². The zero-order valence-electron chi connectivity index (χ0n) is 14.1. The van der Waals surface area contributed by atoms with E-state index in [-0.39, 0.29) is 33.1 Å². The molecule has 0 saturated heterocycles. The Bertz CT molecular complexity index is 1270. The van der Waals surface area contributed by atoms with Gasteiger partial charge in [-0.25, -0.2) is 0 Å². The van der Waals surface area contributed by atoms with Crippen molar-refractivity contribution in [3.05, 3.63) is 52.8 Å². The van der Waals surface area contributed by atoms with Gasteiger partial charge in [-0.05, 0) is 12.1 Å². The molecule has 4 aromatic rings. The number of aromatic amines is 1. The Morgan fingerprint density at radius 1 is 0.966 bits per heavy atom. The van der Waals surface area contributed by atoms with Crippen LogP contribution in [0.25, 0.3) is 33.1 Å². The number of H-pyrrole nitrogens is 1. The standard InChI is InChI=1S/C17H9F6N5O/c18-16(19,20)7-28-11-3-9(8-1-2-12(24-4-8)17(21,22)23)5-25-14(11)13-10(15(28)29)6-26-27-13/h1-6H,7H2,(H,26,27). The van der Waals surface area contributed by atoms with Crippen molar-refractivity contribution in [1.29, 1.82) is 0 Å². The molecule has 1 N–H and O–H groups in total. The Morgan fingerprint density at radius 2 is 1.69 bits per heavy atom. The summed E-state index contributed by atoms with van der Waals surface area (Å²) in [6.45, 7) is -1.56. The highest BCUT2D eigenvalue weighted by molar-refractivity contribution is 6.01. The van der Waals surface area contributed by atoms with Crippen molar-refractivity contribution in [2.75, 3.05) is 0 Å². The molecule has 0 aliphatic rings. The zero-order valence-corrected chi connectivity index (χ0v) is 14.1. The summed E-state index contributed by atoms with van der Waals surface area (Å²) in [5.74, 6) is 0. The highest BCUT2D eigenvalue weighted by Gasteiger charge is 2.32. The van der Waals surface area contributed by atoms with E-state index in [1.54, 1.807) is 0 Å². The van der Waals surface area contributed by atoms with Crippen LogP contribution in [0.2, 0.25) is 0 Å². The Morgan fingerprint density at radius 3 is 2.31 bits per heavy atom. The van der Waals surface area contributed by atoms with E-state index in [4.69, 9.17) is 0 Å². The lowest BCUT2D eigenvalue weighted by molar-refractivity contribution is -0.141. The summed E-state index contributed by atoms with van der Waals surface area (Å²) < 4.78 is 77.6. The van der Waals surface area contributed by atoms with Crippen molar-refractivity contribution in [3.8, 4) is 11.1 Å². The van der Waals surface area contributed by atoms with E-state index in [2.05, 4.69) is 20.2 Å². The van der Waals surface area contributed by atoms with Gasteiger partial charge in [0, 0.05) is 23.5 Å². The van der Waals surface area contributed by atoms with Crippen molar-refractivity contribution in [3.63, 3.8) is 0 Å². The lowest BCUT2D eigenvalue weighted by Gasteiger charge is -2.14. The van der Waals surface area contributed by atoms with Gasteiger partial charge >= 0.3 is 12.4 Å². The fraction of sp³-hybridized carbons (Fsp3) is 0.176. The number of aromatic nitrogens is 5. The van der Waals surface area contributed by atoms with Crippen molar-refractivity contribution in [2.24, 2.45) is 0 Å². The van der Waals surface area contributed by atoms with Gasteiger partial charge in [0.1, 0.15) is 17.8 Å². The van der Waals surface area contributed by atoms with E-state index in [1.165, 1.54) is 12.3 Å². The second-order valence-corrected chi connectivity index (χ2v) is 6.19. The first kappa shape index (κ1) is 18.9. The van der Waals surface area contributed by atoms with E-state index in [0.29, 0.717) is 4.57 Å². The first-order valence-corrected chi connectivity index (χ1v) is 8.00. The number of fused-ring (bicyclic) bond motifs is 3. The normalized spacial score (nSPS) is 12.8. The maximum Gasteiger partial charge on any atom is 0.433 e. The Labute approximate surface area is 156 Å². The van der Waals surface area contributed by atoms with Crippen LogP contribution >= 0.6 is 0 Å². The smallest absolute Gasteiger partial charge is 0.297 e. The molecule has 29 heavy (non-hydrogen) atoms. The summed E-state index contributed by atoms with van der Waals surface area (Å²) in [4.78, 5) is 20.0. The largest absolute Gasteiger partial charge is 0.433 e. The molecule has 0 spiro atoms. The summed E-state index contributed by atoms with van der Waals surface area (Å²) >= 11 is 0. The SMILES string of the molecule is O=c1c2cn[nH]c2c2ncc(-c3ccc(C(F)(F)F)nc3)cc2n1CC(F)(F)F. The number of nitrogens with one attached hydrogen (secondary N) is 1. The molecule has 0 amide bonds. The van der Waals surface area contributed by atoms with Gasteiger partial charge in [0.25, 0.3) is 5.56 Å². The van der Waals surface area contributed by atoms with Crippen LogP contribution in [-0.4, -0.2) is 30.9 Å². The van der Waals surface area contributed by atoms with Crippen LogP contribution in [0.4, 0.5) is 26.3 Å². The molecule has 0 aromatic carbocycles. The van der Waals surface area contributed by atoms with Crippen LogP contribution in [0, 0.1) is 0 Å².